The Morgan fingerprint density at radius 2 is 2.14 bits per heavy atom. The second-order valence-electron chi connectivity index (χ2n) is 5.26. The van der Waals surface area contributed by atoms with Crippen LogP contribution in [0.1, 0.15) is 16.4 Å². The zero-order valence-corrected chi connectivity index (χ0v) is 15.0. The van der Waals surface area contributed by atoms with Gasteiger partial charge >= 0.3 is 0 Å². The fourth-order valence-electron chi connectivity index (χ4n) is 2.78. The van der Waals surface area contributed by atoms with Crippen LogP contribution >= 0.6 is 38.9 Å². The molecule has 0 saturated heterocycles. The SMILES string of the molecule is Cc1nc(N2CCc3nc(Br)sc3C2)c2cc(Cl)ccc2n1. The molecule has 3 heterocycles. The number of fused-ring (bicyclic) bond motifs is 2. The molecule has 22 heavy (non-hydrogen) atoms. The van der Waals surface area contributed by atoms with Gasteiger partial charge < -0.3 is 4.90 Å². The summed E-state index contributed by atoms with van der Waals surface area (Å²) in [6.07, 6.45) is 0.933. The Balaban J connectivity index is 1.82. The van der Waals surface area contributed by atoms with Gasteiger partial charge in [0, 0.05) is 28.3 Å². The van der Waals surface area contributed by atoms with Crippen molar-refractivity contribution in [2.45, 2.75) is 19.9 Å². The van der Waals surface area contributed by atoms with Crippen LogP contribution in [0, 0.1) is 6.92 Å². The zero-order valence-electron chi connectivity index (χ0n) is 11.8. The molecule has 1 aliphatic rings. The van der Waals surface area contributed by atoms with Crippen molar-refractivity contribution in [3.05, 3.63) is 43.5 Å². The minimum absolute atomic E-state index is 0.708. The number of halogens is 2. The third-order valence-corrected chi connectivity index (χ3v) is 5.52. The molecule has 0 radical (unpaired) electrons. The van der Waals surface area contributed by atoms with Crippen molar-refractivity contribution in [3.8, 4) is 0 Å². The van der Waals surface area contributed by atoms with Gasteiger partial charge in [-0.1, -0.05) is 11.6 Å². The predicted octanol–water partition coefficient (Wildman–Crippen LogP) is 4.37. The van der Waals surface area contributed by atoms with Gasteiger partial charge in [-0.15, -0.1) is 11.3 Å². The third-order valence-electron chi connectivity index (χ3n) is 3.75. The smallest absolute Gasteiger partial charge is 0.159 e. The minimum atomic E-state index is 0.708. The quantitative estimate of drug-likeness (QED) is 0.613. The van der Waals surface area contributed by atoms with E-state index in [1.54, 1.807) is 11.3 Å². The number of nitrogens with zero attached hydrogens (tertiary/aromatic N) is 4. The number of thiazole rings is 1. The molecule has 1 aliphatic heterocycles. The molecule has 3 aromatic rings. The van der Waals surface area contributed by atoms with Crippen molar-refractivity contribution in [3.63, 3.8) is 0 Å². The molecular weight excluding hydrogens is 384 g/mol. The van der Waals surface area contributed by atoms with Crippen molar-refractivity contribution in [2.75, 3.05) is 11.4 Å². The highest BCUT2D eigenvalue weighted by molar-refractivity contribution is 9.11. The van der Waals surface area contributed by atoms with Crippen LogP contribution in [0.2, 0.25) is 5.02 Å². The Bertz CT molecular complexity index is 879. The Hall–Kier alpha value is -1.24. The van der Waals surface area contributed by atoms with Crippen molar-refractivity contribution < 1.29 is 0 Å². The number of hydrogen-bond acceptors (Lipinski definition) is 5. The first-order valence-electron chi connectivity index (χ1n) is 6.93. The topological polar surface area (TPSA) is 41.9 Å². The lowest BCUT2D eigenvalue weighted by Gasteiger charge is -2.28. The van der Waals surface area contributed by atoms with Crippen LogP contribution in [0.3, 0.4) is 0 Å². The summed E-state index contributed by atoms with van der Waals surface area (Å²) in [5, 5.41) is 1.71. The highest BCUT2D eigenvalue weighted by Crippen LogP contribution is 2.33. The number of anilines is 1. The summed E-state index contributed by atoms with van der Waals surface area (Å²) in [5.74, 6) is 1.74. The molecule has 2 aromatic heterocycles. The van der Waals surface area contributed by atoms with E-state index in [0.717, 1.165) is 46.0 Å². The lowest BCUT2D eigenvalue weighted by Crippen LogP contribution is -2.30. The Morgan fingerprint density at radius 3 is 3.00 bits per heavy atom. The van der Waals surface area contributed by atoms with Crippen molar-refractivity contribution in [1.82, 2.24) is 15.0 Å². The van der Waals surface area contributed by atoms with Crippen LogP contribution in [0.5, 0.6) is 0 Å². The first-order valence-corrected chi connectivity index (χ1v) is 8.92. The first kappa shape index (κ1) is 14.4. The lowest BCUT2D eigenvalue weighted by molar-refractivity contribution is 0.718. The Kier molecular flexibility index (Phi) is 3.55. The van der Waals surface area contributed by atoms with Crippen molar-refractivity contribution >= 4 is 55.6 Å². The summed E-state index contributed by atoms with van der Waals surface area (Å²) >= 11 is 11.3. The van der Waals surface area contributed by atoms with E-state index in [1.807, 2.05) is 25.1 Å². The molecule has 0 unspecified atom stereocenters. The van der Waals surface area contributed by atoms with Crippen LogP contribution in [-0.4, -0.2) is 21.5 Å². The molecule has 0 aliphatic carbocycles. The van der Waals surface area contributed by atoms with Crippen molar-refractivity contribution in [2.24, 2.45) is 0 Å². The number of hydrogen-bond donors (Lipinski definition) is 0. The number of aromatic nitrogens is 3. The molecule has 1 aromatic carbocycles. The highest BCUT2D eigenvalue weighted by atomic mass is 79.9. The first-order chi connectivity index (χ1) is 10.6. The minimum Gasteiger partial charge on any atom is -0.350 e. The van der Waals surface area contributed by atoms with Gasteiger partial charge in [-0.05, 0) is 41.1 Å². The van der Waals surface area contributed by atoms with Crippen LogP contribution in [0.25, 0.3) is 10.9 Å². The maximum atomic E-state index is 6.17. The second-order valence-corrected chi connectivity index (χ2v) is 8.06. The fourth-order valence-corrected chi connectivity index (χ4v) is 4.60. The van der Waals surface area contributed by atoms with Gasteiger partial charge in [0.25, 0.3) is 0 Å². The van der Waals surface area contributed by atoms with Gasteiger partial charge in [0.2, 0.25) is 0 Å². The number of rotatable bonds is 1. The summed E-state index contributed by atoms with van der Waals surface area (Å²) in [5.41, 5.74) is 2.13. The average molecular weight is 396 g/mol. The lowest BCUT2D eigenvalue weighted by atomic mass is 10.1. The molecule has 0 atom stereocenters. The van der Waals surface area contributed by atoms with Crippen LogP contribution < -0.4 is 4.90 Å². The molecule has 0 bridgehead atoms. The molecule has 4 rings (SSSR count). The van der Waals surface area contributed by atoms with Gasteiger partial charge in [0.05, 0.1) is 17.8 Å². The number of benzene rings is 1. The fraction of sp³-hybridized carbons (Fsp3) is 0.267. The predicted molar refractivity (Wildman–Crippen MR) is 93.9 cm³/mol. The van der Waals surface area contributed by atoms with E-state index in [4.69, 9.17) is 11.6 Å². The molecule has 0 amide bonds. The van der Waals surface area contributed by atoms with Gasteiger partial charge in [0.15, 0.2) is 3.92 Å². The Labute approximate surface area is 145 Å². The number of aryl methyl sites for hydroxylation is 1. The highest BCUT2D eigenvalue weighted by Gasteiger charge is 2.23. The van der Waals surface area contributed by atoms with Crippen LogP contribution in [-0.2, 0) is 13.0 Å². The summed E-state index contributed by atoms with van der Waals surface area (Å²) in [6.45, 7) is 3.66. The maximum Gasteiger partial charge on any atom is 0.159 e. The normalized spacial score (nSPS) is 14.4. The van der Waals surface area contributed by atoms with E-state index in [9.17, 15) is 0 Å². The molecule has 4 nitrogen and oxygen atoms in total. The molecule has 0 spiro atoms. The van der Waals surface area contributed by atoms with E-state index in [2.05, 4.69) is 35.8 Å². The maximum absolute atomic E-state index is 6.17. The summed E-state index contributed by atoms with van der Waals surface area (Å²) in [4.78, 5) is 17.3. The van der Waals surface area contributed by atoms with Gasteiger partial charge in [0.1, 0.15) is 11.6 Å². The summed E-state index contributed by atoms with van der Waals surface area (Å²) < 4.78 is 0.950. The van der Waals surface area contributed by atoms with E-state index < -0.39 is 0 Å². The Morgan fingerprint density at radius 1 is 1.27 bits per heavy atom. The van der Waals surface area contributed by atoms with E-state index >= 15 is 0 Å². The molecule has 0 N–H and O–H groups in total. The van der Waals surface area contributed by atoms with Gasteiger partial charge in [-0.2, -0.15) is 0 Å². The standard InChI is InChI=1S/C15H12BrClN4S/c1-8-18-11-3-2-9(17)6-10(11)14(19-8)21-5-4-12-13(7-21)22-15(16)20-12/h2-3,6H,4-5,7H2,1H3. The van der Waals surface area contributed by atoms with Gasteiger partial charge in [-0.3, -0.25) is 0 Å². The third kappa shape index (κ3) is 2.49. The van der Waals surface area contributed by atoms with E-state index in [0.29, 0.717) is 5.02 Å². The summed E-state index contributed by atoms with van der Waals surface area (Å²) in [7, 11) is 0. The average Bonchev–Trinajstić information content (AvgIpc) is 2.86. The molecule has 0 saturated carbocycles. The summed E-state index contributed by atoms with van der Waals surface area (Å²) in [6, 6.07) is 5.77. The van der Waals surface area contributed by atoms with E-state index in [-0.39, 0.29) is 0 Å². The molecule has 112 valence electrons. The van der Waals surface area contributed by atoms with Crippen LogP contribution in [0.15, 0.2) is 22.1 Å². The van der Waals surface area contributed by atoms with Crippen LogP contribution in [0.4, 0.5) is 5.82 Å². The molecule has 7 heteroatoms. The second kappa shape index (κ2) is 5.44. The molecular formula is C15H12BrClN4S. The monoisotopic (exact) mass is 394 g/mol. The molecule has 0 fully saturated rings. The zero-order chi connectivity index (χ0) is 15.3. The van der Waals surface area contributed by atoms with E-state index in [1.165, 1.54) is 10.6 Å². The largest absolute Gasteiger partial charge is 0.350 e. The van der Waals surface area contributed by atoms with Crippen molar-refractivity contribution in [1.29, 1.82) is 0 Å². The van der Waals surface area contributed by atoms with Gasteiger partial charge in [-0.25, -0.2) is 15.0 Å².